The van der Waals surface area contributed by atoms with E-state index in [2.05, 4.69) is 10.6 Å². The summed E-state index contributed by atoms with van der Waals surface area (Å²) >= 11 is 0. The maximum absolute atomic E-state index is 12.7. The van der Waals surface area contributed by atoms with E-state index in [0.717, 1.165) is 11.3 Å². The average molecular weight is 477 g/mol. The van der Waals surface area contributed by atoms with E-state index in [1.807, 2.05) is 31.2 Å². The second-order valence-electron chi connectivity index (χ2n) is 7.62. The molecule has 0 fully saturated rings. The van der Waals surface area contributed by atoms with Crippen molar-refractivity contribution < 1.29 is 28.6 Å². The quantitative estimate of drug-likeness (QED) is 0.225. The third-order valence-electron chi connectivity index (χ3n) is 4.87. The van der Waals surface area contributed by atoms with Crippen LogP contribution in [0.5, 0.6) is 11.5 Å². The minimum absolute atomic E-state index is 0.181. The lowest BCUT2D eigenvalue weighted by atomic mass is 10.2. The maximum Gasteiger partial charge on any atom is 0.513 e. The molecule has 3 rings (SSSR count). The van der Waals surface area contributed by atoms with Gasteiger partial charge >= 0.3 is 6.16 Å². The first-order valence-electron chi connectivity index (χ1n) is 11.3. The van der Waals surface area contributed by atoms with Gasteiger partial charge in [-0.15, -0.1) is 0 Å². The molecule has 35 heavy (non-hydrogen) atoms. The van der Waals surface area contributed by atoms with Crippen LogP contribution in [0.1, 0.15) is 35.7 Å². The van der Waals surface area contributed by atoms with Crippen molar-refractivity contribution in [3.63, 3.8) is 0 Å². The highest BCUT2D eigenvalue weighted by Crippen LogP contribution is 2.23. The largest absolute Gasteiger partial charge is 0.513 e. The molecule has 0 heterocycles. The summed E-state index contributed by atoms with van der Waals surface area (Å²) in [6, 6.07) is 20.7. The molecule has 0 aliphatic heterocycles. The Labute approximate surface area is 204 Å². The Kier molecular flexibility index (Phi) is 9.24. The molecule has 0 saturated heterocycles. The molecule has 0 aromatic heterocycles. The fourth-order valence-electron chi connectivity index (χ4n) is 3.08. The van der Waals surface area contributed by atoms with E-state index in [-0.39, 0.29) is 30.6 Å². The van der Waals surface area contributed by atoms with Gasteiger partial charge in [-0.1, -0.05) is 29.8 Å². The molecule has 0 atom stereocenters. The normalized spacial score (nSPS) is 10.2. The summed E-state index contributed by atoms with van der Waals surface area (Å²) in [5.41, 5.74) is 2.47. The number of amides is 2. The lowest BCUT2D eigenvalue weighted by Crippen LogP contribution is -2.17. The Morgan fingerprint density at radius 1 is 0.800 bits per heavy atom. The Bertz CT molecular complexity index is 1140. The molecule has 0 radical (unpaired) electrons. The lowest BCUT2D eigenvalue weighted by Gasteiger charge is -2.13. The Morgan fingerprint density at radius 3 is 2.09 bits per heavy atom. The molecule has 2 amide bonds. The van der Waals surface area contributed by atoms with Crippen molar-refractivity contribution in [1.82, 2.24) is 0 Å². The van der Waals surface area contributed by atoms with Crippen LogP contribution in [0, 0.1) is 6.92 Å². The standard InChI is InChI=1S/C27H28N2O6/c1-3-33-27(32)35-22-16-12-20(13-17-22)26(31)29-24-8-5-4-7-23(24)28-25(30)9-6-18-34-21-14-10-19(2)11-15-21/h4-5,7-8,10-17H,3,6,9,18H2,1-2H3,(H,28,30)(H,29,31). The van der Waals surface area contributed by atoms with Crippen LogP contribution in [0.3, 0.4) is 0 Å². The molecule has 3 aromatic carbocycles. The summed E-state index contributed by atoms with van der Waals surface area (Å²) in [7, 11) is 0. The van der Waals surface area contributed by atoms with Crippen molar-refractivity contribution in [2.24, 2.45) is 0 Å². The van der Waals surface area contributed by atoms with Crippen molar-refractivity contribution >= 4 is 29.3 Å². The van der Waals surface area contributed by atoms with Crippen molar-refractivity contribution in [3.8, 4) is 11.5 Å². The zero-order valence-electron chi connectivity index (χ0n) is 19.7. The zero-order chi connectivity index (χ0) is 25.0. The Morgan fingerprint density at radius 2 is 1.43 bits per heavy atom. The lowest BCUT2D eigenvalue weighted by molar-refractivity contribution is -0.116. The van der Waals surface area contributed by atoms with Crippen molar-refractivity contribution in [1.29, 1.82) is 0 Å². The van der Waals surface area contributed by atoms with Crippen LogP contribution in [-0.4, -0.2) is 31.2 Å². The van der Waals surface area contributed by atoms with Crippen molar-refractivity contribution in [3.05, 3.63) is 83.9 Å². The van der Waals surface area contributed by atoms with E-state index in [9.17, 15) is 14.4 Å². The summed E-state index contributed by atoms with van der Waals surface area (Å²) < 4.78 is 15.4. The molecule has 8 heteroatoms. The minimum atomic E-state index is -0.809. The fraction of sp³-hybridized carbons (Fsp3) is 0.222. The number of aryl methyl sites for hydroxylation is 1. The number of hydrogen-bond donors (Lipinski definition) is 2. The van der Waals surface area contributed by atoms with E-state index < -0.39 is 6.16 Å². The van der Waals surface area contributed by atoms with E-state index in [4.69, 9.17) is 14.2 Å². The first-order chi connectivity index (χ1) is 16.9. The predicted octanol–water partition coefficient (Wildman–Crippen LogP) is 5.58. The first-order valence-corrected chi connectivity index (χ1v) is 11.3. The van der Waals surface area contributed by atoms with Gasteiger partial charge in [0.1, 0.15) is 11.5 Å². The van der Waals surface area contributed by atoms with Gasteiger partial charge in [0.2, 0.25) is 5.91 Å². The number of anilines is 2. The highest BCUT2D eigenvalue weighted by molar-refractivity contribution is 6.07. The van der Waals surface area contributed by atoms with Gasteiger partial charge in [0.05, 0.1) is 24.6 Å². The minimum Gasteiger partial charge on any atom is -0.494 e. The number of benzene rings is 3. The number of para-hydroxylation sites is 2. The zero-order valence-corrected chi connectivity index (χ0v) is 19.7. The molecule has 0 aliphatic rings. The van der Waals surface area contributed by atoms with Crippen LogP contribution in [0.15, 0.2) is 72.8 Å². The third-order valence-corrected chi connectivity index (χ3v) is 4.87. The topological polar surface area (TPSA) is 103 Å². The number of hydrogen-bond acceptors (Lipinski definition) is 6. The molecule has 0 bridgehead atoms. The summed E-state index contributed by atoms with van der Waals surface area (Å²) in [4.78, 5) is 36.5. The molecule has 182 valence electrons. The smallest absolute Gasteiger partial charge is 0.494 e. The van der Waals surface area contributed by atoms with E-state index in [1.165, 1.54) is 24.3 Å². The molecule has 8 nitrogen and oxygen atoms in total. The molecular weight excluding hydrogens is 448 g/mol. The summed E-state index contributed by atoms with van der Waals surface area (Å²) in [5.74, 6) is 0.476. The van der Waals surface area contributed by atoms with Gasteiger partial charge in [-0.3, -0.25) is 9.59 Å². The molecule has 0 unspecified atom stereocenters. The SMILES string of the molecule is CCOC(=O)Oc1ccc(C(=O)Nc2ccccc2NC(=O)CCCOc2ccc(C)cc2)cc1. The second kappa shape index (κ2) is 12.8. The number of carbonyl (C=O) groups is 3. The van der Waals surface area contributed by atoms with Crippen molar-refractivity contribution in [2.45, 2.75) is 26.7 Å². The highest BCUT2D eigenvalue weighted by Gasteiger charge is 2.12. The van der Waals surface area contributed by atoms with E-state index in [1.54, 1.807) is 31.2 Å². The summed E-state index contributed by atoms with van der Waals surface area (Å²) in [5, 5.41) is 5.63. The van der Waals surface area contributed by atoms with Crippen molar-refractivity contribution in [2.75, 3.05) is 23.8 Å². The maximum atomic E-state index is 12.7. The van der Waals surface area contributed by atoms with Gasteiger partial charge < -0.3 is 24.8 Å². The second-order valence-corrected chi connectivity index (χ2v) is 7.62. The van der Waals surface area contributed by atoms with Crippen LogP contribution in [0.4, 0.5) is 16.2 Å². The number of ether oxygens (including phenoxy) is 3. The third kappa shape index (κ3) is 8.19. The monoisotopic (exact) mass is 476 g/mol. The number of carbonyl (C=O) groups excluding carboxylic acids is 3. The molecule has 2 N–H and O–H groups in total. The van der Waals surface area contributed by atoms with Crippen LogP contribution < -0.4 is 20.1 Å². The van der Waals surface area contributed by atoms with Crippen LogP contribution in [-0.2, 0) is 9.53 Å². The van der Waals surface area contributed by atoms with Crippen LogP contribution >= 0.6 is 0 Å². The summed E-state index contributed by atoms with van der Waals surface area (Å²) in [6.45, 7) is 4.31. The molecular formula is C27H28N2O6. The first kappa shape index (κ1) is 25.3. The molecule has 3 aromatic rings. The van der Waals surface area contributed by atoms with Gasteiger partial charge in [-0.2, -0.15) is 0 Å². The highest BCUT2D eigenvalue weighted by atomic mass is 16.7. The fourth-order valence-corrected chi connectivity index (χ4v) is 3.08. The van der Waals surface area contributed by atoms with Gasteiger partial charge in [0.15, 0.2) is 0 Å². The van der Waals surface area contributed by atoms with Gasteiger partial charge in [-0.25, -0.2) is 4.79 Å². The number of rotatable bonds is 10. The van der Waals surface area contributed by atoms with Crippen LogP contribution in [0.2, 0.25) is 0 Å². The van der Waals surface area contributed by atoms with Crippen LogP contribution in [0.25, 0.3) is 0 Å². The number of nitrogens with one attached hydrogen (secondary N) is 2. The molecule has 0 spiro atoms. The van der Waals surface area contributed by atoms with Gasteiger partial charge in [-0.05, 0) is 68.8 Å². The summed E-state index contributed by atoms with van der Waals surface area (Å²) in [6.07, 6.45) is 0.0147. The van der Waals surface area contributed by atoms with Gasteiger partial charge in [0.25, 0.3) is 5.91 Å². The molecule has 0 aliphatic carbocycles. The Balaban J connectivity index is 1.50. The van der Waals surface area contributed by atoms with Gasteiger partial charge in [0, 0.05) is 12.0 Å². The van der Waals surface area contributed by atoms with E-state index >= 15 is 0 Å². The average Bonchev–Trinajstić information content (AvgIpc) is 2.85. The van der Waals surface area contributed by atoms with E-state index in [0.29, 0.717) is 30.0 Å². The Hall–Kier alpha value is -4.33. The molecule has 0 saturated carbocycles. The predicted molar refractivity (Wildman–Crippen MR) is 133 cm³/mol.